The summed E-state index contributed by atoms with van der Waals surface area (Å²) in [5, 5.41) is 0. The first-order valence-corrected chi connectivity index (χ1v) is 9.99. The van der Waals surface area contributed by atoms with Crippen molar-refractivity contribution >= 4 is 27.5 Å². The summed E-state index contributed by atoms with van der Waals surface area (Å²) in [5.41, 5.74) is 2.76. The van der Waals surface area contributed by atoms with Gasteiger partial charge >= 0.3 is 12.1 Å². The van der Waals surface area contributed by atoms with E-state index in [1.807, 2.05) is 4.72 Å². The fourth-order valence-electron chi connectivity index (χ4n) is 2.43. The van der Waals surface area contributed by atoms with E-state index in [2.05, 4.69) is 10.9 Å². The Morgan fingerprint density at radius 1 is 0.871 bits per heavy atom. The predicted molar refractivity (Wildman–Crippen MR) is 102 cm³/mol. The van der Waals surface area contributed by atoms with Gasteiger partial charge < -0.3 is 4.42 Å². The van der Waals surface area contributed by atoms with Crippen LogP contribution < -0.4 is 15.6 Å². The Bertz CT molecular complexity index is 1210. The van der Waals surface area contributed by atoms with Crippen molar-refractivity contribution in [1.82, 2.24) is 10.9 Å². The molecule has 0 aliphatic rings. The Kier molecular flexibility index (Phi) is 6.02. The van der Waals surface area contributed by atoms with Crippen molar-refractivity contribution in [3.05, 3.63) is 83.8 Å². The molecule has 3 rings (SSSR count). The van der Waals surface area contributed by atoms with Crippen molar-refractivity contribution in [2.24, 2.45) is 0 Å². The van der Waals surface area contributed by atoms with E-state index < -0.39 is 33.6 Å². The maximum Gasteiger partial charge on any atom is 0.416 e. The molecule has 0 unspecified atom stereocenters. The SMILES string of the molecule is O=C(NNC(=O)c1ccco1)c1cccc(S(=O)(=O)Nc2cccc(C(F)(F)F)c2)c1. The third-order valence-corrected chi connectivity index (χ3v) is 5.26. The van der Waals surface area contributed by atoms with E-state index >= 15 is 0 Å². The average Bonchev–Trinajstić information content (AvgIpc) is 3.26. The molecule has 2 aromatic carbocycles. The second-order valence-corrected chi connectivity index (χ2v) is 7.78. The summed E-state index contributed by atoms with van der Waals surface area (Å²) in [4.78, 5) is 23.6. The summed E-state index contributed by atoms with van der Waals surface area (Å²) in [7, 11) is -4.30. The van der Waals surface area contributed by atoms with Gasteiger partial charge in [0.05, 0.1) is 16.7 Å². The summed E-state index contributed by atoms with van der Waals surface area (Å²) in [6, 6.07) is 11.2. The highest BCUT2D eigenvalue weighted by Crippen LogP contribution is 2.31. The van der Waals surface area contributed by atoms with Crippen LogP contribution in [0.2, 0.25) is 0 Å². The van der Waals surface area contributed by atoms with Gasteiger partial charge in [-0.15, -0.1) is 0 Å². The molecular formula is C19H14F3N3O5S. The minimum atomic E-state index is -4.64. The zero-order valence-corrected chi connectivity index (χ0v) is 16.3. The second kappa shape index (κ2) is 8.52. The van der Waals surface area contributed by atoms with E-state index in [0.29, 0.717) is 6.07 Å². The van der Waals surface area contributed by atoms with Crippen molar-refractivity contribution in [1.29, 1.82) is 0 Å². The standard InChI is InChI=1S/C19H14F3N3O5S/c20-19(21,22)13-5-2-6-14(11-13)25-31(28,29)15-7-1-4-12(10-15)17(26)23-24-18(27)16-8-3-9-30-16/h1-11,25H,(H,23,26)(H,24,27). The number of hydrogen-bond donors (Lipinski definition) is 3. The van der Waals surface area contributed by atoms with Crippen LogP contribution in [0.25, 0.3) is 0 Å². The molecule has 0 radical (unpaired) electrons. The van der Waals surface area contributed by atoms with Gasteiger partial charge in [0.1, 0.15) is 0 Å². The smallest absolute Gasteiger partial charge is 0.416 e. The van der Waals surface area contributed by atoms with Gasteiger partial charge in [-0.1, -0.05) is 12.1 Å². The number of carbonyl (C=O) groups is 2. The Hall–Kier alpha value is -3.80. The van der Waals surface area contributed by atoms with E-state index in [9.17, 15) is 31.2 Å². The molecule has 0 saturated carbocycles. The van der Waals surface area contributed by atoms with Crippen molar-refractivity contribution in [3.8, 4) is 0 Å². The first kappa shape index (κ1) is 21.9. The number of benzene rings is 2. The molecule has 31 heavy (non-hydrogen) atoms. The van der Waals surface area contributed by atoms with Gasteiger partial charge in [0, 0.05) is 11.3 Å². The van der Waals surface area contributed by atoms with Crippen molar-refractivity contribution in [2.75, 3.05) is 4.72 Å². The Balaban J connectivity index is 1.74. The van der Waals surface area contributed by atoms with Crippen molar-refractivity contribution < 1.29 is 35.6 Å². The summed E-state index contributed by atoms with van der Waals surface area (Å²) >= 11 is 0. The molecule has 2 amide bonds. The minimum absolute atomic E-state index is 0.0538. The maximum absolute atomic E-state index is 12.8. The number of alkyl halides is 3. The van der Waals surface area contributed by atoms with E-state index in [1.54, 1.807) is 0 Å². The van der Waals surface area contributed by atoms with Gasteiger partial charge in [-0.05, 0) is 48.5 Å². The summed E-state index contributed by atoms with van der Waals surface area (Å²) in [5.74, 6) is -1.61. The number of hydrogen-bond acceptors (Lipinski definition) is 5. The van der Waals surface area contributed by atoms with Gasteiger partial charge in [0.15, 0.2) is 5.76 Å². The molecule has 0 atom stereocenters. The van der Waals surface area contributed by atoms with Crippen LogP contribution in [0.4, 0.5) is 18.9 Å². The molecule has 162 valence electrons. The van der Waals surface area contributed by atoms with Crippen molar-refractivity contribution in [3.63, 3.8) is 0 Å². The van der Waals surface area contributed by atoms with Gasteiger partial charge in [0.25, 0.3) is 15.9 Å². The van der Waals surface area contributed by atoms with E-state index in [1.165, 1.54) is 30.5 Å². The molecule has 0 bridgehead atoms. The summed E-state index contributed by atoms with van der Waals surface area (Å²) in [6.07, 6.45) is -3.37. The van der Waals surface area contributed by atoms with Crippen LogP contribution in [0.5, 0.6) is 0 Å². The lowest BCUT2D eigenvalue weighted by molar-refractivity contribution is -0.137. The van der Waals surface area contributed by atoms with Crippen LogP contribution in [0.1, 0.15) is 26.5 Å². The fourth-order valence-corrected chi connectivity index (χ4v) is 3.53. The average molecular weight is 453 g/mol. The number of rotatable bonds is 5. The molecule has 0 spiro atoms. The van der Waals surface area contributed by atoms with Crippen LogP contribution in [-0.4, -0.2) is 20.2 Å². The van der Waals surface area contributed by atoms with Gasteiger partial charge in [0.2, 0.25) is 0 Å². The molecule has 0 saturated heterocycles. The first-order valence-electron chi connectivity index (χ1n) is 8.50. The monoisotopic (exact) mass is 453 g/mol. The number of anilines is 1. The zero-order chi connectivity index (χ0) is 22.6. The minimum Gasteiger partial charge on any atom is -0.459 e. The van der Waals surface area contributed by atoms with E-state index in [4.69, 9.17) is 4.42 Å². The van der Waals surface area contributed by atoms with Crippen LogP contribution >= 0.6 is 0 Å². The van der Waals surface area contributed by atoms with Crippen LogP contribution in [0.15, 0.2) is 76.2 Å². The number of furan rings is 1. The molecule has 3 N–H and O–H groups in total. The second-order valence-electron chi connectivity index (χ2n) is 6.10. The summed E-state index contributed by atoms with van der Waals surface area (Å²) < 4.78 is 70.5. The number of nitrogens with one attached hydrogen (secondary N) is 3. The largest absolute Gasteiger partial charge is 0.459 e. The molecule has 0 fully saturated rings. The molecule has 0 aliphatic carbocycles. The topological polar surface area (TPSA) is 118 Å². The van der Waals surface area contributed by atoms with E-state index in [-0.39, 0.29) is 21.9 Å². The van der Waals surface area contributed by atoms with Gasteiger partial charge in [-0.25, -0.2) is 8.42 Å². The van der Waals surface area contributed by atoms with E-state index in [0.717, 1.165) is 30.3 Å². The van der Waals surface area contributed by atoms with Crippen LogP contribution in [0.3, 0.4) is 0 Å². The summed E-state index contributed by atoms with van der Waals surface area (Å²) in [6.45, 7) is 0. The number of halogens is 3. The molecular weight excluding hydrogens is 439 g/mol. The highest BCUT2D eigenvalue weighted by molar-refractivity contribution is 7.92. The normalized spacial score (nSPS) is 11.6. The number of hydrazine groups is 1. The number of carbonyl (C=O) groups excluding carboxylic acids is 2. The molecule has 1 aromatic heterocycles. The molecule has 12 heteroatoms. The quantitative estimate of drug-likeness (QED) is 0.513. The lowest BCUT2D eigenvalue weighted by Crippen LogP contribution is -2.41. The Labute approximate surface area is 174 Å². The first-order chi connectivity index (χ1) is 14.6. The lowest BCUT2D eigenvalue weighted by Gasteiger charge is -2.12. The third kappa shape index (κ3) is 5.42. The third-order valence-electron chi connectivity index (χ3n) is 3.88. The fraction of sp³-hybridized carbons (Fsp3) is 0.0526. The van der Waals surface area contributed by atoms with Crippen LogP contribution in [0, 0.1) is 0 Å². The maximum atomic E-state index is 12.8. The number of sulfonamides is 1. The highest BCUT2D eigenvalue weighted by Gasteiger charge is 2.30. The van der Waals surface area contributed by atoms with Gasteiger partial charge in [-0.3, -0.25) is 25.2 Å². The Morgan fingerprint density at radius 2 is 1.58 bits per heavy atom. The zero-order valence-electron chi connectivity index (χ0n) is 15.4. The lowest BCUT2D eigenvalue weighted by atomic mass is 10.2. The molecule has 1 heterocycles. The van der Waals surface area contributed by atoms with Crippen LogP contribution in [-0.2, 0) is 16.2 Å². The molecule has 8 nitrogen and oxygen atoms in total. The Morgan fingerprint density at radius 3 is 2.26 bits per heavy atom. The van der Waals surface area contributed by atoms with Gasteiger partial charge in [-0.2, -0.15) is 13.2 Å². The molecule has 3 aromatic rings. The predicted octanol–water partition coefficient (Wildman–Crippen LogP) is 3.17. The highest BCUT2D eigenvalue weighted by atomic mass is 32.2. The molecule has 0 aliphatic heterocycles. The number of amides is 2. The van der Waals surface area contributed by atoms with Crippen molar-refractivity contribution in [2.45, 2.75) is 11.1 Å².